The minimum Gasteiger partial charge on any atom is -0.481 e. The van der Waals surface area contributed by atoms with Gasteiger partial charge in [-0.15, -0.1) is 0 Å². The monoisotopic (exact) mass is 324 g/mol. The Kier molecular flexibility index (Phi) is 12.2. The molecule has 1 atom stereocenters. The predicted molar refractivity (Wildman–Crippen MR) is 74.3 cm³/mol. The van der Waals surface area contributed by atoms with Crippen LogP contribution in [0.25, 0.3) is 0 Å². The number of aliphatic hydroxyl groups excluding tert-OH is 2. The molecule has 130 valence electrons. The SMILES string of the molecule is CCC(O)CCCCO.O=C(O)CC(O)(CC(=O)O)C(=O)O. The van der Waals surface area contributed by atoms with Crippen molar-refractivity contribution in [1.29, 1.82) is 0 Å². The van der Waals surface area contributed by atoms with E-state index in [1.54, 1.807) is 0 Å². The first-order chi connectivity index (χ1) is 10.1. The number of unbranched alkanes of at least 4 members (excludes halogenated alkanes) is 1. The topological polar surface area (TPSA) is 173 Å². The van der Waals surface area contributed by atoms with E-state index in [-0.39, 0.29) is 12.7 Å². The van der Waals surface area contributed by atoms with Crippen molar-refractivity contribution in [3.63, 3.8) is 0 Å². The Hall–Kier alpha value is -1.71. The molecule has 0 bridgehead atoms. The highest BCUT2D eigenvalue weighted by Crippen LogP contribution is 2.15. The molecule has 0 aromatic heterocycles. The molecule has 0 aliphatic heterocycles. The van der Waals surface area contributed by atoms with Gasteiger partial charge < -0.3 is 30.6 Å². The number of hydrogen-bond acceptors (Lipinski definition) is 6. The number of hydrogen-bond donors (Lipinski definition) is 6. The van der Waals surface area contributed by atoms with Crippen molar-refractivity contribution in [3.05, 3.63) is 0 Å². The number of carboxylic acids is 3. The molecule has 0 saturated carbocycles. The summed E-state index contributed by atoms with van der Waals surface area (Å²) >= 11 is 0. The van der Waals surface area contributed by atoms with Crippen LogP contribution in [0.5, 0.6) is 0 Å². The van der Waals surface area contributed by atoms with Crippen LogP contribution in [-0.4, -0.2) is 66.9 Å². The molecule has 9 heteroatoms. The van der Waals surface area contributed by atoms with Crippen LogP contribution in [0.2, 0.25) is 0 Å². The molecule has 0 aliphatic carbocycles. The Morgan fingerprint density at radius 3 is 1.73 bits per heavy atom. The van der Waals surface area contributed by atoms with Crippen molar-refractivity contribution >= 4 is 17.9 Å². The maximum atomic E-state index is 10.3. The summed E-state index contributed by atoms with van der Waals surface area (Å²) in [4.78, 5) is 30.5. The summed E-state index contributed by atoms with van der Waals surface area (Å²) in [7, 11) is 0. The number of aliphatic hydroxyl groups is 3. The van der Waals surface area contributed by atoms with Gasteiger partial charge in [-0.25, -0.2) is 4.79 Å². The fraction of sp³-hybridized carbons (Fsp3) is 0.769. The van der Waals surface area contributed by atoms with Crippen molar-refractivity contribution in [2.24, 2.45) is 0 Å². The summed E-state index contributed by atoms with van der Waals surface area (Å²) in [6, 6.07) is 0. The lowest BCUT2D eigenvalue weighted by molar-refractivity contribution is -0.170. The molecule has 9 nitrogen and oxygen atoms in total. The summed E-state index contributed by atoms with van der Waals surface area (Å²) in [5.74, 6) is -5.02. The molecule has 0 aliphatic rings. The number of aliphatic carboxylic acids is 3. The summed E-state index contributed by atoms with van der Waals surface area (Å²) < 4.78 is 0. The van der Waals surface area contributed by atoms with Crippen LogP contribution in [-0.2, 0) is 14.4 Å². The zero-order valence-corrected chi connectivity index (χ0v) is 12.4. The second-order valence-corrected chi connectivity index (χ2v) is 4.76. The largest absolute Gasteiger partial charge is 0.481 e. The maximum absolute atomic E-state index is 10.3. The second-order valence-electron chi connectivity index (χ2n) is 4.76. The van der Waals surface area contributed by atoms with Crippen LogP contribution >= 0.6 is 0 Å². The molecular formula is C13H24O9. The van der Waals surface area contributed by atoms with Gasteiger partial charge in [-0.1, -0.05) is 6.92 Å². The van der Waals surface area contributed by atoms with Crippen LogP contribution in [0, 0.1) is 0 Å². The Bertz CT molecular complexity index is 337. The average Bonchev–Trinajstić information content (AvgIpc) is 2.37. The van der Waals surface area contributed by atoms with E-state index in [4.69, 9.17) is 30.6 Å². The Morgan fingerprint density at radius 2 is 1.45 bits per heavy atom. The molecule has 1 unspecified atom stereocenters. The van der Waals surface area contributed by atoms with Crippen LogP contribution in [0.15, 0.2) is 0 Å². The summed E-state index contributed by atoms with van der Waals surface area (Å²) in [5, 5.41) is 51.2. The Labute approximate surface area is 127 Å². The fourth-order valence-electron chi connectivity index (χ4n) is 1.41. The van der Waals surface area contributed by atoms with Crippen molar-refractivity contribution in [2.75, 3.05) is 6.61 Å². The first-order valence-corrected chi connectivity index (χ1v) is 6.77. The molecule has 0 spiro atoms. The summed E-state index contributed by atoms with van der Waals surface area (Å²) in [5.41, 5.74) is -2.74. The molecule has 0 heterocycles. The van der Waals surface area contributed by atoms with Gasteiger partial charge in [0.05, 0.1) is 18.9 Å². The molecule has 0 fully saturated rings. The van der Waals surface area contributed by atoms with E-state index in [1.807, 2.05) is 6.92 Å². The van der Waals surface area contributed by atoms with E-state index in [2.05, 4.69) is 0 Å². The van der Waals surface area contributed by atoms with Gasteiger partial charge in [0.25, 0.3) is 0 Å². The zero-order valence-electron chi connectivity index (χ0n) is 12.4. The predicted octanol–water partition coefficient (Wildman–Crippen LogP) is -0.329. The van der Waals surface area contributed by atoms with Crippen molar-refractivity contribution in [3.8, 4) is 0 Å². The minimum absolute atomic E-state index is 0.156. The number of carboxylic acid groups (broad SMARTS) is 3. The third-order valence-electron chi connectivity index (χ3n) is 2.70. The third kappa shape index (κ3) is 12.1. The van der Waals surface area contributed by atoms with Gasteiger partial charge in [0.1, 0.15) is 0 Å². The first kappa shape index (κ1) is 22.6. The van der Waals surface area contributed by atoms with E-state index in [0.717, 1.165) is 25.7 Å². The normalized spacial score (nSPS) is 12.0. The summed E-state index contributed by atoms with van der Waals surface area (Å²) in [6.07, 6.45) is 0.963. The molecule has 0 aromatic carbocycles. The van der Waals surface area contributed by atoms with Crippen LogP contribution < -0.4 is 0 Å². The van der Waals surface area contributed by atoms with Gasteiger partial charge in [0, 0.05) is 6.61 Å². The van der Waals surface area contributed by atoms with Gasteiger partial charge in [-0.05, 0) is 25.7 Å². The Morgan fingerprint density at radius 1 is 1.00 bits per heavy atom. The van der Waals surface area contributed by atoms with E-state index in [9.17, 15) is 14.4 Å². The molecule has 0 saturated heterocycles. The van der Waals surface area contributed by atoms with E-state index in [0.29, 0.717) is 0 Å². The molecule has 22 heavy (non-hydrogen) atoms. The molecule has 0 radical (unpaired) electrons. The second kappa shape index (κ2) is 11.9. The fourth-order valence-corrected chi connectivity index (χ4v) is 1.41. The minimum atomic E-state index is -2.74. The summed E-state index contributed by atoms with van der Waals surface area (Å²) in [6.45, 7) is 2.21. The van der Waals surface area contributed by atoms with Gasteiger partial charge in [-0.3, -0.25) is 9.59 Å². The number of rotatable bonds is 10. The maximum Gasteiger partial charge on any atom is 0.336 e. The first-order valence-electron chi connectivity index (χ1n) is 6.77. The zero-order chi connectivity index (χ0) is 17.8. The molecule has 0 rings (SSSR count). The standard InChI is InChI=1S/C7H16O2.C6H8O7/c1-2-7(9)5-3-4-6-8;7-3(8)1-6(13,5(11)12)2-4(9)10/h7-9H,2-6H2,1H3;13H,1-2H2,(H,7,8)(H,9,10)(H,11,12). The van der Waals surface area contributed by atoms with E-state index < -0.39 is 36.4 Å². The molecule has 0 amide bonds. The van der Waals surface area contributed by atoms with Crippen molar-refractivity contribution in [2.45, 2.75) is 57.2 Å². The van der Waals surface area contributed by atoms with Crippen LogP contribution in [0.3, 0.4) is 0 Å². The lowest BCUT2D eigenvalue weighted by atomic mass is 9.96. The van der Waals surface area contributed by atoms with Gasteiger partial charge in [-0.2, -0.15) is 0 Å². The molecule has 6 N–H and O–H groups in total. The van der Waals surface area contributed by atoms with Gasteiger partial charge in [0.2, 0.25) is 0 Å². The quantitative estimate of drug-likeness (QED) is 0.294. The molecular weight excluding hydrogens is 300 g/mol. The Balaban J connectivity index is 0. The van der Waals surface area contributed by atoms with Gasteiger partial charge >= 0.3 is 17.9 Å². The lowest BCUT2D eigenvalue weighted by Crippen LogP contribution is -2.42. The van der Waals surface area contributed by atoms with Crippen molar-refractivity contribution < 1.29 is 45.0 Å². The molecule has 0 aromatic rings. The van der Waals surface area contributed by atoms with Crippen LogP contribution in [0.1, 0.15) is 45.4 Å². The van der Waals surface area contributed by atoms with Crippen LogP contribution in [0.4, 0.5) is 0 Å². The highest BCUT2D eigenvalue weighted by Gasteiger charge is 2.40. The lowest BCUT2D eigenvalue weighted by Gasteiger charge is -2.18. The third-order valence-corrected chi connectivity index (χ3v) is 2.70. The number of carbonyl (C=O) groups is 3. The average molecular weight is 324 g/mol. The highest BCUT2D eigenvalue weighted by atomic mass is 16.4. The highest BCUT2D eigenvalue weighted by molar-refractivity contribution is 5.88. The smallest absolute Gasteiger partial charge is 0.336 e. The van der Waals surface area contributed by atoms with E-state index >= 15 is 0 Å². The van der Waals surface area contributed by atoms with Crippen molar-refractivity contribution in [1.82, 2.24) is 0 Å². The van der Waals surface area contributed by atoms with Gasteiger partial charge in [0.15, 0.2) is 5.60 Å². The van der Waals surface area contributed by atoms with E-state index in [1.165, 1.54) is 0 Å².